The van der Waals surface area contributed by atoms with Crippen molar-refractivity contribution in [1.29, 1.82) is 0 Å². The van der Waals surface area contributed by atoms with E-state index in [1.165, 1.54) is 12.1 Å². The molecule has 0 fully saturated rings. The van der Waals surface area contributed by atoms with Crippen LogP contribution in [0.2, 0.25) is 0 Å². The molecular weight excluding hydrogens is 278 g/mol. The molecule has 0 heterocycles. The van der Waals surface area contributed by atoms with Crippen molar-refractivity contribution >= 4 is 5.97 Å². The Kier molecular flexibility index (Phi) is 4.52. The second-order valence-corrected chi connectivity index (χ2v) is 4.64. The summed E-state index contributed by atoms with van der Waals surface area (Å²) in [6.45, 7) is 1.66. The molecule has 0 saturated carbocycles. The highest BCUT2D eigenvalue weighted by Gasteiger charge is 2.13. The van der Waals surface area contributed by atoms with Gasteiger partial charge >= 0.3 is 5.97 Å². The highest BCUT2D eigenvalue weighted by atomic mass is 19.2. The van der Waals surface area contributed by atoms with Gasteiger partial charge in [0.2, 0.25) is 5.82 Å². The summed E-state index contributed by atoms with van der Waals surface area (Å²) in [4.78, 5) is 10.9. The molecule has 0 aliphatic rings. The van der Waals surface area contributed by atoms with Gasteiger partial charge < -0.3 is 9.84 Å². The van der Waals surface area contributed by atoms with Crippen LogP contribution in [0.5, 0.6) is 5.75 Å². The van der Waals surface area contributed by atoms with Crippen LogP contribution in [-0.4, -0.2) is 11.1 Å². The molecule has 5 heteroatoms. The molecule has 21 heavy (non-hydrogen) atoms. The van der Waals surface area contributed by atoms with Crippen LogP contribution >= 0.6 is 0 Å². The molecule has 0 aliphatic carbocycles. The maximum Gasteiger partial charge on any atom is 0.310 e. The second-order valence-electron chi connectivity index (χ2n) is 4.64. The smallest absolute Gasteiger partial charge is 0.310 e. The first kappa shape index (κ1) is 15.0. The lowest BCUT2D eigenvalue weighted by atomic mass is 10.0. The van der Waals surface area contributed by atoms with Crippen molar-refractivity contribution in [1.82, 2.24) is 0 Å². The minimum atomic E-state index is -1.02. The highest BCUT2D eigenvalue weighted by Crippen LogP contribution is 2.21. The molecule has 0 bridgehead atoms. The first-order chi connectivity index (χ1) is 9.99. The number of hydrogen-bond donors (Lipinski definition) is 1. The van der Waals surface area contributed by atoms with E-state index in [0.717, 1.165) is 11.6 Å². The predicted octanol–water partition coefficient (Wildman–Crippen LogP) is 3.73. The largest absolute Gasteiger partial charge is 0.486 e. The molecule has 1 atom stereocenters. The molecule has 3 nitrogen and oxygen atoms in total. The van der Waals surface area contributed by atoms with Crippen molar-refractivity contribution in [2.24, 2.45) is 0 Å². The van der Waals surface area contributed by atoms with Crippen molar-refractivity contribution in [3.63, 3.8) is 0 Å². The third-order valence-electron chi connectivity index (χ3n) is 3.16. The normalized spacial score (nSPS) is 12.0. The number of carboxylic acids is 1. The third-order valence-corrected chi connectivity index (χ3v) is 3.16. The van der Waals surface area contributed by atoms with Crippen LogP contribution in [0, 0.1) is 11.6 Å². The summed E-state index contributed by atoms with van der Waals surface area (Å²) < 4.78 is 31.6. The fraction of sp³-hybridized carbons (Fsp3) is 0.188. The van der Waals surface area contributed by atoms with Gasteiger partial charge in [-0.3, -0.25) is 4.79 Å². The number of ether oxygens (including phenoxy) is 1. The molecule has 1 unspecified atom stereocenters. The lowest BCUT2D eigenvalue weighted by Gasteiger charge is -2.10. The summed E-state index contributed by atoms with van der Waals surface area (Å²) in [5, 5.41) is 8.91. The minimum absolute atomic E-state index is 0.0715. The van der Waals surface area contributed by atoms with Crippen LogP contribution in [0.15, 0.2) is 42.5 Å². The summed E-state index contributed by atoms with van der Waals surface area (Å²) in [5.74, 6) is -3.63. The summed E-state index contributed by atoms with van der Waals surface area (Å²) in [5.41, 5.74) is 1.41. The Bertz CT molecular complexity index is 638. The number of hydrogen-bond acceptors (Lipinski definition) is 2. The van der Waals surface area contributed by atoms with Gasteiger partial charge in [0.05, 0.1) is 5.92 Å². The standard InChI is InChI=1S/C16H14F2O3/c1-10(16(19)20)12-7-5-11(6-8-12)9-21-14-4-2-3-13(17)15(14)18/h2-8,10H,9H2,1H3,(H,19,20). The van der Waals surface area contributed by atoms with E-state index in [-0.39, 0.29) is 12.4 Å². The lowest BCUT2D eigenvalue weighted by molar-refractivity contribution is -0.138. The fourth-order valence-electron chi connectivity index (χ4n) is 1.80. The van der Waals surface area contributed by atoms with Gasteiger partial charge in [-0.05, 0) is 30.2 Å². The summed E-state index contributed by atoms with van der Waals surface area (Å²) in [6.07, 6.45) is 0. The van der Waals surface area contributed by atoms with Crippen LogP contribution in [0.25, 0.3) is 0 Å². The van der Waals surface area contributed by atoms with Crippen LogP contribution in [-0.2, 0) is 11.4 Å². The molecular formula is C16H14F2O3. The molecule has 110 valence electrons. The monoisotopic (exact) mass is 292 g/mol. The Labute approximate surface area is 120 Å². The van der Waals surface area contributed by atoms with Gasteiger partial charge in [-0.2, -0.15) is 4.39 Å². The summed E-state index contributed by atoms with van der Waals surface area (Å²) >= 11 is 0. The maximum absolute atomic E-state index is 13.4. The van der Waals surface area contributed by atoms with E-state index < -0.39 is 23.5 Å². The molecule has 0 aromatic heterocycles. The van der Waals surface area contributed by atoms with E-state index in [2.05, 4.69) is 0 Å². The maximum atomic E-state index is 13.4. The van der Waals surface area contributed by atoms with Gasteiger partial charge in [0, 0.05) is 0 Å². The number of benzene rings is 2. The summed E-state index contributed by atoms with van der Waals surface area (Å²) in [6, 6.07) is 10.5. The van der Waals surface area contributed by atoms with Gasteiger partial charge in [0.25, 0.3) is 0 Å². The van der Waals surface area contributed by atoms with Crippen molar-refractivity contribution < 1.29 is 23.4 Å². The van der Waals surface area contributed by atoms with Crippen LogP contribution in [0.4, 0.5) is 8.78 Å². The Morgan fingerprint density at radius 2 is 1.86 bits per heavy atom. The summed E-state index contributed by atoms with van der Waals surface area (Å²) in [7, 11) is 0. The second kappa shape index (κ2) is 6.35. The van der Waals surface area contributed by atoms with E-state index in [1.807, 2.05) is 0 Å². The van der Waals surface area contributed by atoms with E-state index in [0.29, 0.717) is 5.56 Å². The third kappa shape index (κ3) is 3.56. The highest BCUT2D eigenvalue weighted by molar-refractivity contribution is 5.75. The molecule has 2 aromatic carbocycles. The van der Waals surface area contributed by atoms with Crippen LogP contribution in [0.1, 0.15) is 24.0 Å². The number of carboxylic acid groups (broad SMARTS) is 1. The van der Waals surface area contributed by atoms with E-state index in [9.17, 15) is 13.6 Å². The van der Waals surface area contributed by atoms with Gasteiger partial charge in [-0.1, -0.05) is 30.3 Å². The number of rotatable bonds is 5. The van der Waals surface area contributed by atoms with E-state index in [1.54, 1.807) is 31.2 Å². The molecule has 0 radical (unpaired) electrons. The Balaban J connectivity index is 2.04. The van der Waals surface area contributed by atoms with Gasteiger partial charge in [0.1, 0.15) is 6.61 Å². The van der Waals surface area contributed by atoms with Gasteiger partial charge in [-0.25, -0.2) is 4.39 Å². The van der Waals surface area contributed by atoms with Crippen molar-refractivity contribution in [3.8, 4) is 5.75 Å². The zero-order chi connectivity index (χ0) is 15.4. The zero-order valence-electron chi connectivity index (χ0n) is 11.3. The van der Waals surface area contributed by atoms with Crippen molar-refractivity contribution in [2.45, 2.75) is 19.4 Å². The van der Waals surface area contributed by atoms with Gasteiger partial charge in [-0.15, -0.1) is 0 Å². The zero-order valence-corrected chi connectivity index (χ0v) is 11.3. The Morgan fingerprint density at radius 1 is 1.19 bits per heavy atom. The molecule has 0 amide bonds. The Morgan fingerprint density at radius 3 is 2.48 bits per heavy atom. The average molecular weight is 292 g/mol. The molecule has 0 spiro atoms. The number of aliphatic carboxylic acids is 1. The fourth-order valence-corrected chi connectivity index (χ4v) is 1.80. The first-order valence-corrected chi connectivity index (χ1v) is 6.37. The topological polar surface area (TPSA) is 46.5 Å². The predicted molar refractivity (Wildman–Crippen MR) is 73.2 cm³/mol. The SMILES string of the molecule is CC(C(=O)O)c1ccc(COc2cccc(F)c2F)cc1. The lowest BCUT2D eigenvalue weighted by Crippen LogP contribution is -2.07. The Hall–Kier alpha value is -2.43. The molecule has 2 aromatic rings. The molecule has 0 aliphatic heterocycles. The molecule has 0 saturated heterocycles. The van der Waals surface area contributed by atoms with E-state index >= 15 is 0 Å². The number of halogens is 2. The average Bonchev–Trinajstić information content (AvgIpc) is 2.48. The molecule has 2 rings (SSSR count). The molecule has 1 N–H and O–H groups in total. The number of carbonyl (C=O) groups is 1. The minimum Gasteiger partial charge on any atom is -0.486 e. The van der Waals surface area contributed by atoms with Crippen molar-refractivity contribution in [2.75, 3.05) is 0 Å². The first-order valence-electron chi connectivity index (χ1n) is 6.37. The van der Waals surface area contributed by atoms with Crippen LogP contribution in [0.3, 0.4) is 0 Å². The van der Waals surface area contributed by atoms with Crippen molar-refractivity contribution in [3.05, 3.63) is 65.2 Å². The quantitative estimate of drug-likeness (QED) is 0.913. The van der Waals surface area contributed by atoms with E-state index in [4.69, 9.17) is 9.84 Å². The van der Waals surface area contributed by atoms with Gasteiger partial charge in [0.15, 0.2) is 11.6 Å². The van der Waals surface area contributed by atoms with Crippen LogP contribution < -0.4 is 4.74 Å².